The van der Waals surface area contributed by atoms with Crippen molar-refractivity contribution >= 4 is 32.0 Å². The summed E-state index contributed by atoms with van der Waals surface area (Å²) in [6, 6.07) is 9.30. The highest BCUT2D eigenvalue weighted by molar-refractivity contribution is 7.71. The van der Waals surface area contributed by atoms with Gasteiger partial charge in [0.05, 0.1) is 25.3 Å². The number of aromatic nitrogens is 1. The Hall–Kier alpha value is -2.69. The Balaban J connectivity index is 1.84. The number of H-pyrrole nitrogens is 1. The van der Waals surface area contributed by atoms with Gasteiger partial charge in [-0.2, -0.15) is 5.26 Å². The minimum atomic E-state index is -1.96. The van der Waals surface area contributed by atoms with E-state index in [-0.39, 0.29) is 39.0 Å². The number of aromatic amines is 1. The minimum absolute atomic E-state index is 0.0966. The van der Waals surface area contributed by atoms with Gasteiger partial charge in [0.25, 0.3) is 0 Å². The van der Waals surface area contributed by atoms with Crippen molar-refractivity contribution in [3.05, 3.63) is 45.9 Å². The first-order valence-electron chi connectivity index (χ1n) is 10.3. The van der Waals surface area contributed by atoms with E-state index in [1.165, 1.54) is 0 Å². The lowest BCUT2D eigenvalue weighted by molar-refractivity contribution is 0.0807. The van der Waals surface area contributed by atoms with E-state index >= 15 is 0 Å². The maximum atomic E-state index is 9.57. The standard InChI is InChI=1S/C23H28N4O3SSi/c1-23(2,3)32(5,6)30-18-13-28-12-17(18)29-15-9-7-14(8-10-15)19-16(11-24)22(31)27-21(25)20(19)26-4/h7-10,17-18H,12-13H2,1-3,5-6H3,(H3,25,27,31)/t17-,18-/m0/s1. The molecule has 1 aliphatic heterocycles. The average Bonchev–Trinajstić information content (AvgIpc) is 3.13. The second-order valence-corrected chi connectivity index (χ2v) is 14.5. The van der Waals surface area contributed by atoms with Crippen LogP contribution < -0.4 is 10.5 Å². The number of ether oxygens (including phenoxy) is 2. The van der Waals surface area contributed by atoms with Crippen LogP contribution in [-0.4, -0.2) is 38.7 Å². The van der Waals surface area contributed by atoms with Gasteiger partial charge in [-0.25, -0.2) is 4.85 Å². The predicted octanol–water partition coefficient (Wildman–Crippen LogP) is 5.58. The fourth-order valence-electron chi connectivity index (χ4n) is 3.28. The third kappa shape index (κ3) is 4.72. The summed E-state index contributed by atoms with van der Waals surface area (Å²) in [5.41, 5.74) is 7.43. The molecule has 0 aliphatic carbocycles. The molecule has 3 rings (SSSR count). The van der Waals surface area contributed by atoms with E-state index in [9.17, 15) is 5.26 Å². The molecule has 2 aromatic rings. The molecule has 1 aliphatic rings. The number of benzene rings is 1. The first kappa shape index (κ1) is 24.0. The third-order valence-electron chi connectivity index (χ3n) is 6.10. The van der Waals surface area contributed by atoms with Crippen molar-refractivity contribution in [2.24, 2.45) is 0 Å². The summed E-state index contributed by atoms with van der Waals surface area (Å²) in [6.07, 6.45) is -0.327. The maximum Gasteiger partial charge on any atom is 0.234 e. The lowest BCUT2D eigenvalue weighted by Gasteiger charge is -2.39. The van der Waals surface area contributed by atoms with Gasteiger partial charge in [0.15, 0.2) is 8.32 Å². The number of hydrogen-bond donors (Lipinski definition) is 2. The van der Waals surface area contributed by atoms with Crippen LogP contribution in [0.1, 0.15) is 26.3 Å². The first-order chi connectivity index (χ1) is 15.0. The third-order valence-corrected chi connectivity index (χ3v) is 10.9. The Kier molecular flexibility index (Phi) is 6.77. The van der Waals surface area contributed by atoms with Crippen LogP contribution in [-0.2, 0) is 9.16 Å². The number of nitriles is 1. The second kappa shape index (κ2) is 9.05. The van der Waals surface area contributed by atoms with Gasteiger partial charge in [-0.05, 0) is 35.8 Å². The molecule has 7 nitrogen and oxygen atoms in total. The molecule has 9 heteroatoms. The van der Waals surface area contributed by atoms with E-state index in [0.29, 0.717) is 30.1 Å². The number of nitrogens with one attached hydrogen (secondary N) is 1. The number of pyridine rings is 1. The second-order valence-electron chi connectivity index (χ2n) is 9.32. The molecule has 1 aromatic heterocycles. The molecular weight excluding hydrogens is 440 g/mol. The first-order valence-corrected chi connectivity index (χ1v) is 13.7. The molecule has 1 aromatic carbocycles. The van der Waals surface area contributed by atoms with Crippen molar-refractivity contribution in [3.63, 3.8) is 0 Å². The van der Waals surface area contributed by atoms with E-state index in [1.807, 2.05) is 12.1 Å². The molecule has 2 atom stereocenters. The van der Waals surface area contributed by atoms with E-state index in [4.69, 9.17) is 38.4 Å². The summed E-state index contributed by atoms with van der Waals surface area (Å²) in [4.78, 5) is 6.22. The highest BCUT2D eigenvalue weighted by Crippen LogP contribution is 2.40. The summed E-state index contributed by atoms with van der Waals surface area (Å²) in [5.74, 6) is 0.804. The molecule has 0 bridgehead atoms. The quantitative estimate of drug-likeness (QED) is 0.337. The van der Waals surface area contributed by atoms with Crippen LogP contribution in [0.4, 0.5) is 11.5 Å². The smallest absolute Gasteiger partial charge is 0.234 e. The molecule has 0 radical (unpaired) electrons. The van der Waals surface area contributed by atoms with Crippen molar-refractivity contribution < 1.29 is 13.9 Å². The summed E-state index contributed by atoms with van der Waals surface area (Å²) >= 11 is 5.23. The number of hydrogen-bond acceptors (Lipinski definition) is 6. The summed E-state index contributed by atoms with van der Waals surface area (Å²) in [5, 5.41) is 9.66. The van der Waals surface area contributed by atoms with Gasteiger partial charge in [-0.1, -0.05) is 45.1 Å². The van der Waals surface area contributed by atoms with E-state index < -0.39 is 8.32 Å². The molecule has 0 spiro atoms. The van der Waals surface area contributed by atoms with Gasteiger partial charge in [0, 0.05) is 5.56 Å². The molecular formula is C23H28N4O3SSi. The fourth-order valence-corrected chi connectivity index (χ4v) is 4.87. The van der Waals surface area contributed by atoms with Crippen LogP contribution in [0.3, 0.4) is 0 Å². The van der Waals surface area contributed by atoms with Gasteiger partial charge in [0.2, 0.25) is 5.69 Å². The molecule has 1 saturated heterocycles. The molecule has 0 unspecified atom stereocenters. The van der Waals surface area contributed by atoms with Gasteiger partial charge in [-0.3, -0.25) is 0 Å². The number of anilines is 1. The number of nitrogen functional groups attached to an aromatic ring is 1. The van der Waals surface area contributed by atoms with Crippen LogP contribution in [0.5, 0.6) is 5.75 Å². The number of rotatable bonds is 5. The Labute approximate surface area is 195 Å². The molecule has 32 heavy (non-hydrogen) atoms. The number of nitrogens with zero attached hydrogens (tertiary/aromatic N) is 2. The maximum absolute atomic E-state index is 9.57. The Bertz CT molecular complexity index is 1140. The zero-order valence-electron chi connectivity index (χ0n) is 19.0. The molecule has 2 heterocycles. The van der Waals surface area contributed by atoms with E-state index in [1.54, 1.807) is 12.1 Å². The minimum Gasteiger partial charge on any atom is -0.485 e. The number of nitrogens with two attached hydrogens (primary N) is 1. The van der Waals surface area contributed by atoms with Crippen LogP contribution in [0.2, 0.25) is 18.1 Å². The van der Waals surface area contributed by atoms with Gasteiger partial charge < -0.3 is 24.6 Å². The Morgan fingerprint density at radius 3 is 2.44 bits per heavy atom. The Morgan fingerprint density at radius 2 is 1.88 bits per heavy atom. The van der Waals surface area contributed by atoms with Crippen molar-refractivity contribution in [2.45, 2.75) is 51.1 Å². The zero-order chi connectivity index (χ0) is 23.7. The highest BCUT2D eigenvalue weighted by atomic mass is 32.1. The summed E-state index contributed by atoms with van der Waals surface area (Å²) in [6.45, 7) is 19.5. The topological polar surface area (TPSA) is 97.7 Å². The van der Waals surface area contributed by atoms with Crippen molar-refractivity contribution in [1.29, 1.82) is 5.26 Å². The predicted molar refractivity (Wildman–Crippen MR) is 130 cm³/mol. The Morgan fingerprint density at radius 1 is 1.25 bits per heavy atom. The molecule has 3 N–H and O–H groups in total. The monoisotopic (exact) mass is 468 g/mol. The van der Waals surface area contributed by atoms with E-state index in [0.717, 1.165) is 0 Å². The van der Waals surface area contributed by atoms with E-state index in [2.05, 4.69) is 49.8 Å². The van der Waals surface area contributed by atoms with Crippen LogP contribution in [0.15, 0.2) is 24.3 Å². The molecule has 1 fully saturated rings. The summed E-state index contributed by atoms with van der Waals surface area (Å²) < 4.78 is 18.6. The molecule has 168 valence electrons. The highest BCUT2D eigenvalue weighted by Gasteiger charge is 2.43. The van der Waals surface area contributed by atoms with Crippen LogP contribution >= 0.6 is 12.2 Å². The molecule has 0 saturated carbocycles. The molecule has 0 amide bonds. The van der Waals surface area contributed by atoms with Crippen LogP contribution in [0.25, 0.3) is 16.0 Å². The van der Waals surface area contributed by atoms with Gasteiger partial charge in [0.1, 0.15) is 34.5 Å². The van der Waals surface area contributed by atoms with Crippen molar-refractivity contribution in [2.75, 3.05) is 18.9 Å². The van der Waals surface area contributed by atoms with Gasteiger partial charge >= 0.3 is 0 Å². The fraction of sp³-hybridized carbons (Fsp3) is 0.435. The van der Waals surface area contributed by atoms with Crippen molar-refractivity contribution in [3.8, 4) is 22.9 Å². The normalized spacial score (nSPS) is 18.7. The van der Waals surface area contributed by atoms with Crippen LogP contribution in [0, 0.1) is 22.5 Å². The van der Waals surface area contributed by atoms with Crippen molar-refractivity contribution in [1.82, 2.24) is 4.98 Å². The average molecular weight is 469 g/mol. The largest absolute Gasteiger partial charge is 0.485 e. The SMILES string of the molecule is [C-]#[N+]c1c(N)[nH]c(=S)c(C#N)c1-c1ccc(O[C@H]2COC[C@@H]2O[Si](C)(C)C(C)(C)C)cc1. The lowest BCUT2D eigenvalue weighted by atomic mass is 10.00. The zero-order valence-corrected chi connectivity index (χ0v) is 20.8. The van der Waals surface area contributed by atoms with Gasteiger partial charge in [-0.15, -0.1) is 0 Å². The summed E-state index contributed by atoms with van der Waals surface area (Å²) in [7, 11) is -1.96. The lowest BCUT2D eigenvalue weighted by Crippen LogP contribution is -2.47.